The van der Waals surface area contributed by atoms with Gasteiger partial charge in [0.25, 0.3) is 0 Å². The van der Waals surface area contributed by atoms with Crippen molar-refractivity contribution in [3.05, 3.63) is 60.6 Å². The molecule has 0 aliphatic rings. The van der Waals surface area contributed by atoms with E-state index in [4.69, 9.17) is 0 Å². The summed E-state index contributed by atoms with van der Waals surface area (Å²) in [6.45, 7) is 4.08. The molecule has 1 aromatic carbocycles. The lowest BCUT2D eigenvalue weighted by Gasteiger charge is -2.10. The van der Waals surface area contributed by atoms with Crippen molar-refractivity contribution >= 4 is 34.7 Å². The standard InChI is InChI=1S/C21H24N6O/c1-3-4-5-21(28)26-17-8-6-16(7-9-17)25-19-13-20(24-14-23-19)27-18-12-15(2)10-11-22-18/h6-14H,3-5H2,1-2H3,(H,26,28)(H2,22,23,24,25,27). The van der Waals surface area contributed by atoms with Crippen LogP contribution in [0.3, 0.4) is 0 Å². The summed E-state index contributed by atoms with van der Waals surface area (Å²) in [5.41, 5.74) is 2.76. The van der Waals surface area contributed by atoms with E-state index in [-0.39, 0.29) is 5.91 Å². The van der Waals surface area contributed by atoms with Gasteiger partial charge >= 0.3 is 0 Å². The van der Waals surface area contributed by atoms with Crippen LogP contribution in [0.1, 0.15) is 31.7 Å². The van der Waals surface area contributed by atoms with Crippen LogP contribution in [-0.2, 0) is 4.79 Å². The van der Waals surface area contributed by atoms with Crippen molar-refractivity contribution in [3.8, 4) is 0 Å². The fraction of sp³-hybridized carbons (Fsp3) is 0.238. The van der Waals surface area contributed by atoms with E-state index in [2.05, 4.69) is 37.8 Å². The highest BCUT2D eigenvalue weighted by Crippen LogP contribution is 2.20. The van der Waals surface area contributed by atoms with E-state index in [1.807, 2.05) is 49.4 Å². The van der Waals surface area contributed by atoms with Crippen molar-refractivity contribution in [1.82, 2.24) is 15.0 Å². The molecule has 3 N–H and O–H groups in total. The number of unbranched alkanes of at least 4 members (excludes halogenated alkanes) is 1. The number of nitrogens with one attached hydrogen (secondary N) is 3. The van der Waals surface area contributed by atoms with Gasteiger partial charge in [-0.3, -0.25) is 4.79 Å². The minimum atomic E-state index is 0.0406. The zero-order chi connectivity index (χ0) is 19.8. The van der Waals surface area contributed by atoms with Gasteiger partial charge in [-0.25, -0.2) is 15.0 Å². The molecule has 0 aliphatic carbocycles. The van der Waals surface area contributed by atoms with E-state index in [1.54, 1.807) is 6.20 Å². The SMILES string of the molecule is CCCCC(=O)Nc1ccc(Nc2cc(Nc3cc(C)ccn3)ncn2)cc1. The first-order valence-electron chi connectivity index (χ1n) is 9.31. The third kappa shape index (κ3) is 5.77. The van der Waals surface area contributed by atoms with Gasteiger partial charge < -0.3 is 16.0 Å². The predicted octanol–water partition coefficient (Wildman–Crippen LogP) is 4.80. The largest absolute Gasteiger partial charge is 0.340 e. The molecule has 1 amide bonds. The van der Waals surface area contributed by atoms with Gasteiger partial charge in [-0.15, -0.1) is 0 Å². The average Bonchev–Trinajstić information content (AvgIpc) is 2.68. The van der Waals surface area contributed by atoms with Crippen LogP contribution in [0.25, 0.3) is 0 Å². The summed E-state index contributed by atoms with van der Waals surface area (Å²) < 4.78 is 0. The Morgan fingerprint density at radius 3 is 2.29 bits per heavy atom. The maximum absolute atomic E-state index is 11.8. The average molecular weight is 376 g/mol. The molecule has 3 aromatic rings. The smallest absolute Gasteiger partial charge is 0.224 e. The molecule has 0 radical (unpaired) electrons. The van der Waals surface area contributed by atoms with E-state index < -0.39 is 0 Å². The van der Waals surface area contributed by atoms with Crippen molar-refractivity contribution in [2.24, 2.45) is 0 Å². The van der Waals surface area contributed by atoms with Crippen molar-refractivity contribution in [3.63, 3.8) is 0 Å². The zero-order valence-electron chi connectivity index (χ0n) is 16.1. The van der Waals surface area contributed by atoms with Crippen LogP contribution in [0.2, 0.25) is 0 Å². The van der Waals surface area contributed by atoms with Crippen LogP contribution in [0, 0.1) is 6.92 Å². The van der Waals surface area contributed by atoms with Crippen molar-refractivity contribution in [2.75, 3.05) is 16.0 Å². The second kappa shape index (κ2) is 9.45. The Morgan fingerprint density at radius 1 is 0.893 bits per heavy atom. The number of amides is 1. The van der Waals surface area contributed by atoms with Crippen LogP contribution in [0.5, 0.6) is 0 Å². The molecule has 2 aromatic heterocycles. The van der Waals surface area contributed by atoms with Gasteiger partial charge in [0.15, 0.2) is 0 Å². The number of hydrogen-bond acceptors (Lipinski definition) is 6. The first-order valence-corrected chi connectivity index (χ1v) is 9.31. The number of carbonyl (C=O) groups is 1. The number of benzene rings is 1. The molecule has 3 rings (SSSR count). The highest BCUT2D eigenvalue weighted by molar-refractivity contribution is 5.90. The molecule has 0 bridgehead atoms. The van der Waals surface area contributed by atoms with Gasteiger partial charge in [0.05, 0.1) is 0 Å². The molecule has 0 fully saturated rings. The molecule has 144 valence electrons. The van der Waals surface area contributed by atoms with Gasteiger partial charge in [-0.05, 0) is 55.3 Å². The Morgan fingerprint density at radius 2 is 1.57 bits per heavy atom. The van der Waals surface area contributed by atoms with E-state index in [0.717, 1.165) is 35.6 Å². The van der Waals surface area contributed by atoms with Crippen LogP contribution in [-0.4, -0.2) is 20.9 Å². The molecular formula is C21H24N6O. The summed E-state index contributed by atoms with van der Waals surface area (Å²) in [6, 6.07) is 13.2. The third-order valence-electron chi connectivity index (χ3n) is 4.04. The fourth-order valence-corrected chi connectivity index (χ4v) is 2.58. The third-order valence-corrected chi connectivity index (χ3v) is 4.04. The van der Waals surface area contributed by atoms with Gasteiger partial charge in [-0.1, -0.05) is 13.3 Å². The molecular weight excluding hydrogens is 352 g/mol. The Bertz CT molecular complexity index is 926. The maximum Gasteiger partial charge on any atom is 0.224 e. The highest BCUT2D eigenvalue weighted by Gasteiger charge is 2.04. The maximum atomic E-state index is 11.8. The van der Waals surface area contributed by atoms with E-state index in [1.165, 1.54) is 6.33 Å². The Hall–Kier alpha value is -3.48. The molecule has 0 spiro atoms. The molecule has 28 heavy (non-hydrogen) atoms. The van der Waals surface area contributed by atoms with Crippen LogP contribution in [0.4, 0.5) is 28.8 Å². The van der Waals surface area contributed by atoms with Gasteiger partial charge in [0.2, 0.25) is 5.91 Å². The van der Waals surface area contributed by atoms with Crippen molar-refractivity contribution < 1.29 is 4.79 Å². The minimum absolute atomic E-state index is 0.0406. The number of aryl methyl sites for hydroxylation is 1. The number of rotatable bonds is 8. The summed E-state index contributed by atoms with van der Waals surface area (Å²) in [5.74, 6) is 2.08. The second-order valence-corrected chi connectivity index (χ2v) is 6.49. The molecule has 0 aliphatic heterocycles. The fourth-order valence-electron chi connectivity index (χ4n) is 2.58. The van der Waals surface area contributed by atoms with Gasteiger partial charge in [0.1, 0.15) is 23.8 Å². The summed E-state index contributed by atoms with van der Waals surface area (Å²) >= 11 is 0. The van der Waals surface area contributed by atoms with Crippen molar-refractivity contribution in [1.29, 1.82) is 0 Å². The number of pyridine rings is 1. The summed E-state index contributed by atoms with van der Waals surface area (Å²) in [5, 5.41) is 9.30. The summed E-state index contributed by atoms with van der Waals surface area (Å²) in [4.78, 5) is 24.5. The summed E-state index contributed by atoms with van der Waals surface area (Å²) in [6.07, 6.45) is 5.69. The minimum Gasteiger partial charge on any atom is -0.340 e. The highest BCUT2D eigenvalue weighted by atomic mass is 16.1. The van der Waals surface area contributed by atoms with Crippen molar-refractivity contribution in [2.45, 2.75) is 33.1 Å². The lowest BCUT2D eigenvalue weighted by atomic mass is 10.2. The first-order chi connectivity index (χ1) is 13.6. The molecule has 0 saturated heterocycles. The number of hydrogen-bond donors (Lipinski definition) is 3. The Balaban J connectivity index is 1.61. The molecule has 7 nitrogen and oxygen atoms in total. The zero-order valence-corrected chi connectivity index (χ0v) is 16.1. The molecule has 0 saturated carbocycles. The lowest BCUT2D eigenvalue weighted by molar-refractivity contribution is -0.116. The number of nitrogens with zero attached hydrogens (tertiary/aromatic N) is 3. The molecule has 2 heterocycles. The Labute approximate surface area is 164 Å². The van der Waals surface area contributed by atoms with Crippen LogP contribution < -0.4 is 16.0 Å². The van der Waals surface area contributed by atoms with E-state index in [9.17, 15) is 4.79 Å². The molecule has 0 unspecified atom stereocenters. The predicted molar refractivity (Wildman–Crippen MR) is 112 cm³/mol. The summed E-state index contributed by atoms with van der Waals surface area (Å²) in [7, 11) is 0. The van der Waals surface area contributed by atoms with Crippen LogP contribution in [0.15, 0.2) is 55.0 Å². The van der Waals surface area contributed by atoms with Gasteiger partial charge in [0, 0.05) is 30.1 Å². The number of aromatic nitrogens is 3. The number of carbonyl (C=O) groups excluding carboxylic acids is 1. The molecule has 0 atom stereocenters. The van der Waals surface area contributed by atoms with E-state index >= 15 is 0 Å². The topological polar surface area (TPSA) is 91.8 Å². The first kappa shape index (κ1) is 19.3. The second-order valence-electron chi connectivity index (χ2n) is 6.49. The van der Waals surface area contributed by atoms with E-state index in [0.29, 0.717) is 18.1 Å². The molecule has 7 heteroatoms. The number of anilines is 5. The quantitative estimate of drug-likeness (QED) is 0.523. The monoisotopic (exact) mass is 376 g/mol. The lowest BCUT2D eigenvalue weighted by Crippen LogP contribution is -2.10. The van der Waals surface area contributed by atoms with Crippen LogP contribution >= 0.6 is 0 Å². The Kier molecular flexibility index (Phi) is 6.51. The normalized spacial score (nSPS) is 10.4. The van der Waals surface area contributed by atoms with Gasteiger partial charge in [-0.2, -0.15) is 0 Å².